The highest BCUT2D eigenvalue weighted by atomic mass is 16.9. The smallest absolute Gasteiger partial charge is 0.159 e. The number of hydrogen-bond donors (Lipinski definition) is 5. The summed E-state index contributed by atoms with van der Waals surface area (Å²) in [5, 5.41) is 36.5. The lowest BCUT2D eigenvalue weighted by Gasteiger charge is -2.21. The predicted octanol–water partition coefficient (Wildman–Crippen LogP) is -2.10. The molecular weight excluding hydrogens is 230 g/mol. The van der Waals surface area contributed by atoms with Crippen LogP contribution in [0.3, 0.4) is 0 Å². The summed E-state index contributed by atoms with van der Waals surface area (Å²) in [6.45, 7) is 3.17. The molecule has 0 aliphatic heterocycles. The molecule has 8 nitrogen and oxygen atoms in total. The fraction of sp³-hybridized carbons (Fsp3) is 0.556. The summed E-state index contributed by atoms with van der Waals surface area (Å²) < 4.78 is 0. The van der Waals surface area contributed by atoms with Crippen molar-refractivity contribution in [2.45, 2.75) is 13.8 Å². The molecule has 0 aliphatic rings. The highest BCUT2D eigenvalue weighted by Crippen LogP contribution is 1.94. The van der Waals surface area contributed by atoms with Crippen molar-refractivity contribution in [2.24, 2.45) is 0 Å². The van der Waals surface area contributed by atoms with Gasteiger partial charge in [0.05, 0.1) is 0 Å². The van der Waals surface area contributed by atoms with Gasteiger partial charge in [-0.15, -0.1) is 0 Å². The van der Waals surface area contributed by atoms with Gasteiger partial charge in [-0.3, -0.25) is 10.7 Å². The van der Waals surface area contributed by atoms with Gasteiger partial charge in [0.15, 0.2) is 13.1 Å². The van der Waals surface area contributed by atoms with Crippen LogP contribution in [0.2, 0.25) is 0 Å². The molecule has 0 rings (SSSR count). The van der Waals surface area contributed by atoms with Crippen molar-refractivity contribution in [1.29, 1.82) is 0 Å². The second-order valence-corrected chi connectivity index (χ2v) is 3.53. The second kappa shape index (κ2) is 9.07. The number of hydroxylamine groups is 5. The zero-order valence-electron chi connectivity index (χ0n) is 9.90. The van der Waals surface area contributed by atoms with Gasteiger partial charge in [-0.1, -0.05) is 6.08 Å². The van der Waals surface area contributed by atoms with E-state index in [1.807, 2.05) is 5.48 Å². The van der Waals surface area contributed by atoms with E-state index < -0.39 is 10.5 Å². The first kappa shape index (κ1) is 16.0. The molecule has 0 spiro atoms. The van der Waals surface area contributed by atoms with E-state index in [1.165, 1.54) is 0 Å². The average Bonchev–Trinajstić information content (AvgIpc) is 2.30. The first-order valence-corrected chi connectivity index (χ1v) is 5.07. The van der Waals surface area contributed by atoms with E-state index in [1.54, 1.807) is 26.0 Å². The second-order valence-electron chi connectivity index (χ2n) is 3.53. The van der Waals surface area contributed by atoms with Gasteiger partial charge in [-0.05, 0) is 25.5 Å². The Balaban J connectivity index is 3.86. The highest BCUT2D eigenvalue weighted by molar-refractivity contribution is 5.13. The zero-order valence-corrected chi connectivity index (χ0v) is 9.90. The normalized spacial score (nSPS) is 16.8. The van der Waals surface area contributed by atoms with Crippen molar-refractivity contribution < 1.29 is 25.7 Å². The van der Waals surface area contributed by atoms with Crippen molar-refractivity contribution in [3.05, 3.63) is 33.8 Å². The van der Waals surface area contributed by atoms with Crippen LogP contribution in [0.4, 0.5) is 0 Å². The quantitative estimate of drug-likeness (QED) is 0.248. The third-order valence-corrected chi connectivity index (χ3v) is 1.80. The van der Waals surface area contributed by atoms with E-state index in [0.717, 1.165) is 5.57 Å². The maximum atomic E-state index is 11.1. The molecule has 0 saturated heterocycles. The molecule has 0 aromatic rings. The molecule has 0 radical (unpaired) electrons. The van der Waals surface area contributed by atoms with Crippen LogP contribution in [-0.2, 0) is 4.84 Å². The van der Waals surface area contributed by atoms with Crippen LogP contribution in [-0.4, -0.2) is 30.1 Å². The average molecular weight is 249 g/mol. The van der Waals surface area contributed by atoms with Crippen molar-refractivity contribution in [3.63, 3.8) is 0 Å². The molecule has 0 heterocycles. The Bertz CT molecular complexity index is 267. The van der Waals surface area contributed by atoms with Gasteiger partial charge in [0.1, 0.15) is 6.61 Å². The number of hydrogen-bond acceptors (Lipinski definition) is 6. The minimum atomic E-state index is -1.03. The summed E-state index contributed by atoms with van der Waals surface area (Å²) in [4.78, 5) is 4.84. The number of allylic oxidation sites excluding steroid dienone is 3. The SMILES string of the molecule is C/C(=C\C=C(/C)NO)CO[NH+]([O-])CC[NH+]([O-])O. The van der Waals surface area contributed by atoms with Crippen LogP contribution < -0.4 is 15.9 Å². The molecule has 0 fully saturated rings. The minimum Gasteiger partial charge on any atom is -0.600 e. The Labute approximate surface area is 99.4 Å². The molecular formula is C9H19N3O5. The summed E-state index contributed by atoms with van der Waals surface area (Å²) >= 11 is 0. The number of quaternary nitrogens is 2. The van der Waals surface area contributed by atoms with Crippen LogP contribution in [0, 0.1) is 10.4 Å². The maximum Gasteiger partial charge on any atom is 0.159 e. The molecule has 2 atom stereocenters. The van der Waals surface area contributed by atoms with Crippen LogP contribution in [0.15, 0.2) is 23.4 Å². The first-order chi connectivity index (χ1) is 7.95. The highest BCUT2D eigenvalue weighted by Gasteiger charge is 2.01. The van der Waals surface area contributed by atoms with Crippen LogP contribution in [0.5, 0.6) is 0 Å². The topological polar surface area (TPSA) is 117 Å². The zero-order chi connectivity index (χ0) is 13.3. The monoisotopic (exact) mass is 249 g/mol. The molecule has 100 valence electrons. The minimum absolute atomic E-state index is 0.105. The molecule has 0 aromatic heterocycles. The Morgan fingerprint density at radius 3 is 2.47 bits per heavy atom. The molecule has 0 aromatic carbocycles. The number of nitrogens with one attached hydrogen (secondary N) is 3. The van der Waals surface area contributed by atoms with Crippen LogP contribution in [0.25, 0.3) is 0 Å². The van der Waals surface area contributed by atoms with Gasteiger partial charge in [0.2, 0.25) is 0 Å². The summed E-state index contributed by atoms with van der Waals surface area (Å²) in [7, 11) is 0. The van der Waals surface area contributed by atoms with Gasteiger partial charge in [-0.2, -0.15) is 4.84 Å². The molecule has 8 heteroatoms. The van der Waals surface area contributed by atoms with Crippen molar-refractivity contribution in [3.8, 4) is 0 Å². The molecule has 17 heavy (non-hydrogen) atoms. The molecule has 0 bridgehead atoms. The lowest BCUT2D eigenvalue weighted by Crippen LogP contribution is -3.14. The molecule has 0 saturated carbocycles. The fourth-order valence-corrected chi connectivity index (χ4v) is 0.828. The summed E-state index contributed by atoms with van der Waals surface area (Å²) in [5.41, 5.74) is 3.30. The fourth-order valence-electron chi connectivity index (χ4n) is 0.828. The van der Waals surface area contributed by atoms with Gasteiger partial charge < -0.3 is 10.4 Å². The van der Waals surface area contributed by atoms with E-state index in [4.69, 9.17) is 15.3 Å². The van der Waals surface area contributed by atoms with E-state index in [0.29, 0.717) is 5.70 Å². The van der Waals surface area contributed by atoms with E-state index >= 15 is 0 Å². The van der Waals surface area contributed by atoms with Crippen LogP contribution >= 0.6 is 0 Å². The Hall–Kier alpha value is -1.00. The lowest BCUT2D eigenvalue weighted by molar-refractivity contribution is -1.10. The summed E-state index contributed by atoms with van der Waals surface area (Å²) in [6, 6.07) is 0. The lowest BCUT2D eigenvalue weighted by atomic mass is 10.3. The van der Waals surface area contributed by atoms with Gasteiger partial charge in [-0.25, -0.2) is 15.7 Å². The largest absolute Gasteiger partial charge is 0.600 e. The number of rotatable bonds is 8. The van der Waals surface area contributed by atoms with E-state index in [-0.39, 0.29) is 19.7 Å². The third kappa shape index (κ3) is 9.90. The predicted molar refractivity (Wildman–Crippen MR) is 58.6 cm³/mol. The molecule has 0 aliphatic carbocycles. The molecule has 2 unspecified atom stereocenters. The van der Waals surface area contributed by atoms with Gasteiger partial charge in [0.25, 0.3) is 0 Å². The maximum absolute atomic E-state index is 11.1. The van der Waals surface area contributed by atoms with E-state index in [9.17, 15) is 10.4 Å². The van der Waals surface area contributed by atoms with Gasteiger partial charge >= 0.3 is 0 Å². The molecule has 5 N–H and O–H groups in total. The van der Waals surface area contributed by atoms with Crippen molar-refractivity contribution >= 4 is 0 Å². The Morgan fingerprint density at radius 2 is 1.94 bits per heavy atom. The van der Waals surface area contributed by atoms with Crippen molar-refractivity contribution in [1.82, 2.24) is 5.48 Å². The molecule has 0 amide bonds. The summed E-state index contributed by atoms with van der Waals surface area (Å²) in [5.74, 6) is 0. The van der Waals surface area contributed by atoms with E-state index in [2.05, 4.69) is 0 Å². The standard InChI is InChI=1S/C9H19N3O5/c1-8(3-4-9(2)10-13)7-17-12(16)6-5-11(14)15/h3-4,10-14H,5-7H2,1-2H3/b8-3+,9-4+. The third-order valence-electron chi connectivity index (χ3n) is 1.80. The Kier molecular flexibility index (Phi) is 8.54. The first-order valence-electron chi connectivity index (χ1n) is 5.07. The van der Waals surface area contributed by atoms with Gasteiger partial charge in [0, 0.05) is 5.70 Å². The summed E-state index contributed by atoms with van der Waals surface area (Å²) in [6.07, 6.45) is 3.31. The van der Waals surface area contributed by atoms with Crippen LogP contribution in [0.1, 0.15) is 13.8 Å². The Morgan fingerprint density at radius 1 is 1.29 bits per heavy atom. The van der Waals surface area contributed by atoms with Crippen molar-refractivity contribution in [2.75, 3.05) is 19.7 Å².